The van der Waals surface area contributed by atoms with Crippen LogP contribution in [0.3, 0.4) is 0 Å². The van der Waals surface area contributed by atoms with E-state index < -0.39 is 0 Å². The molecule has 1 N–H and O–H groups in total. The van der Waals surface area contributed by atoms with E-state index in [1.807, 2.05) is 24.3 Å². The zero-order valence-electron chi connectivity index (χ0n) is 8.74. The van der Waals surface area contributed by atoms with E-state index >= 15 is 0 Å². The standard InChI is InChI=1S/C12H9BrClNOS/c13-11-5-4-10(17-11)9-6-15-8-3-1-2-7(14)12(8)16-9/h1-5,9,15H,6H2. The second-order valence-electron chi connectivity index (χ2n) is 3.75. The molecule has 0 amide bonds. The molecule has 17 heavy (non-hydrogen) atoms. The highest BCUT2D eigenvalue weighted by Crippen LogP contribution is 2.41. The Hall–Kier alpha value is -0.710. The third kappa shape index (κ3) is 2.17. The van der Waals surface area contributed by atoms with Crippen LogP contribution in [0, 0.1) is 0 Å². The van der Waals surface area contributed by atoms with Gasteiger partial charge in [-0.05, 0) is 40.2 Å². The van der Waals surface area contributed by atoms with Crippen molar-refractivity contribution in [3.8, 4) is 5.75 Å². The molecule has 0 aliphatic carbocycles. The second kappa shape index (κ2) is 4.52. The average molecular weight is 331 g/mol. The molecular weight excluding hydrogens is 322 g/mol. The number of hydrogen-bond acceptors (Lipinski definition) is 3. The molecule has 1 atom stereocenters. The first-order valence-electron chi connectivity index (χ1n) is 5.18. The van der Waals surface area contributed by atoms with Crippen molar-refractivity contribution < 1.29 is 4.74 Å². The quantitative estimate of drug-likeness (QED) is 0.817. The number of halogens is 2. The van der Waals surface area contributed by atoms with E-state index in [0.29, 0.717) is 5.02 Å². The van der Waals surface area contributed by atoms with Crippen LogP contribution in [0.1, 0.15) is 11.0 Å². The lowest BCUT2D eigenvalue weighted by atomic mass is 10.2. The molecule has 1 aromatic heterocycles. The van der Waals surface area contributed by atoms with E-state index in [1.54, 1.807) is 11.3 Å². The molecule has 1 aliphatic rings. The monoisotopic (exact) mass is 329 g/mol. The topological polar surface area (TPSA) is 21.3 Å². The summed E-state index contributed by atoms with van der Waals surface area (Å²) in [6.07, 6.45) is 0.0266. The van der Waals surface area contributed by atoms with E-state index in [4.69, 9.17) is 16.3 Å². The van der Waals surface area contributed by atoms with Crippen molar-refractivity contribution in [2.45, 2.75) is 6.10 Å². The number of hydrogen-bond donors (Lipinski definition) is 1. The highest BCUT2D eigenvalue weighted by Gasteiger charge is 2.23. The fourth-order valence-corrected chi connectivity index (χ4v) is 3.49. The third-order valence-corrected chi connectivity index (χ3v) is 4.63. The number of benzene rings is 1. The van der Waals surface area contributed by atoms with Crippen LogP contribution in [0.5, 0.6) is 5.75 Å². The molecule has 1 aliphatic heterocycles. The largest absolute Gasteiger partial charge is 0.479 e. The van der Waals surface area contributed by atoms with Crippen molar-refractivity contribution in [3.05, 3.63) is 44.0 Å². The van der Waals surface area contributed by atoms with Crippen LogP contribution < -0.4 is 10.1 Å². The molecule has 3 rings (SSSR count). The van der Waals surface area contributed by atoms with Crippen LogP contribution in [0.2, 0.25) is 5.02 Å². The summed E-state index contributed by atoms with van der Waals surface area (Å²) in [6.45, 7) is 0.764. The van der Waals surface area contributed by atoms with Gasteiger partial charge in [0, 0.05) is 4.88 Å². The third-order valence-electron chi connectivity index (χ3n) is 2.62. The Kier molecular flexibility index (Phi) is 3.03. The van der Waals surface area contributed by atoms with Crippen LogP contribution in [-0.2, 0) is 0 Å². The van der Waals surface area contributed by atoms with Crippen molar-refractivity contribution in [1.82, 2.24) is 0 Å². The lowest BCUT2D eigenvalue weighted by Crippen LogP contribution is -2.22. The van der Waals surface area contributed by atoms with Crippen molar-refractivity contribution in [1.29, 1.82) is 0 Å². The summed E-state index contributed by atoms with van der Waals surface area (Å²) in [6, 6.07) is 9.84. The number of anilines is 1. The maximum Gasteiger partial charge on any atom is 0.162 e. The van der Waals surface area contributed by atoms with Gasteiger partial charge in [-0.3, -0.25) is 0 Å². The molecular formula is C12H9BrClNOS. The van der Waals surface area contributed by atoms with Gasteiger partial charge in [0.1, 0.15) is 0 Å². The normalized spacial score (nSPS) is 18.1. The second-order valence-corrected chi connectivity index (χ2v) is 6.65. The predicted octanol–water partition coefficient (Wildman–Crippen LogP) is 4.71. The van der Waals surface area contributed by atoms with Crippen LogP contribution in [0.15, 0.2) is 34.1 Å². The first-order valence-corrected chi connectivity index (χ1v) is 7.17. The van der Waals surface area contributed by atoms with Gasteiger partial charge in [-0.15, -0.1) is 11.3 Å². The molecule has 0 spiro atoms. The Morgan fingerprint density at radius 2 is 2.24 bits per heavy atom. The Morgan fingerprint density at radius 3 is 3.00 bits per heavy atom. The lowest BCUT2D eigenvalue weighted by Gasteiger charge is -2.27. The van der Waals surface area contributed by atoms with Gasteiger partial charge in [0.05, 0.1) is 21.0 Å². The summed E-state index contributed by atoms with van der Waals surface area (Å²) in [4.78, 5) is 1.19. The molecule has 0 saturated heterocycles. The molecule has 1 aromatic carbocycles. The van der Waals surface area contributed by atoms with Gasteiger partial charge in [-0.25, -0.2) is 0 Å². The summed E-state index contributed by atoms with van der Waals surface area (Å²) in [5.41, 5.74) is 0.962. The molecule has 0 fully saturated rings. The molecule has 0 bridgehead atoms. The van der Waals surface area contributed by atoms with E-state index in [1.165, 1.54) is 4.88 Å². The van der Waals surface area contributed by atoms with Crippen LogP contribution in [-0.4, -0.2) is 6.54 Å². The molecule has 5 heteroatoms. The van der Waals surface area contributed by atoms with Gasteiger partial charge in [-0.1, -0.05) is 17.7 Å². The number of ether oxygens (including phenoxy) is 1. The Morgan fingerprint density at radius 1 is 1.35 bits per heavy atom. The molecule has 2 heterocycles. The molecule has 88 valence electrons. The number of rotatable bonds is 1. The van der Waals surface area contributed by atoms with Crippen LogP contribution >= 0.6 is 38.9 Å². The minimum Gasteiger partial charge on any atom is -0.479 e. The molecule has 2 aromatic rings. The highest BCUT2D eigenvalue weighted by molar-refractivity contribution is 9.11. The van der Waals surface area contributed by atoms with Gasteiger partial charge in [0.15, 0.2) is 11.9 Å². The van der Waals surface area contributed by atoms with E-state index in [2.05, 4.69) is 27.3 Å². The SMILES string of the molecule is Clc1cccc2c1OC(c1ccc(Br)s1)CN2. The fraction of sp³-hybridized carbons (Fsp3) is 0.167. The van der Waals surface area contributed by atoms with Gasteiger partial charge >= 0.3 is 0 Å². The van der Waals surface area contributed by atoms with Crippen molar-refractivity contribution in [2.75, 3.05) is 11.9 Å². The van der Waals surface area contributed by atoms with Gasteiger partial charge < -0.3 is 10.1 Å². The zero-order valence-corrected chi connectivity index (χ0v) is 11.9. The van der Waals surface area contributed by atoms with Crippen molar-refractivity contribution in [2.24, 2.45) is 0 Å². The Balaban J connectivity index is 1.92. The van der Waals surface area contributed by atoms with Crippen molar-refractivity contribution >= 4 is 44.6 Å². The predicted molar refractivity (Wildman–Crippen MR) is 75.3 cm³/mol. The van der Waals surface area contributed by atoms with Gasteiger partial charge in [0.2, 0.25) is 0 Å². The summed E-state index contributed by atoms with van der Waals surface area (Å²) in [5.74, 6) is 0.745. The Bertz CT molecular complexity index is 557. The summed E-state index contributed by atoms with van der Waals surface area (Å²) in [7, 11) is 0. The lowest BCUT2D eigenvalue weighted by molar-refractivity contribution is 0.214. The number of thiophene rings is 1. The summed E-state index contributed by atoms with van der Waals surface area (Å²) in [5, 5.41) is 3.99. The van der Waals surface area contributed by atoms with E-state index in [0.717, 1.165) is 21.8 Å². The molecule has 0 saturated carbocycles. The van der Waals surface area contributed by atoms with Gasteiger partial charge in [-0.2, -0.15) is 0 Å². The average Bonchev–Trinajstić information content (AvgIpc) is 2.76. The van der Waals surface area contributed by atoms with Crippen LogP contribution in [0.25, 0.3) is 0 Å². The number of para-hydroxylation sites is 1. The first kappa shape index (κ1) is 11.4. The smallest absolute Gasteiger partial charge is 0.162 e. The molecule has 1 unspecified atom stereocenters. The summed E-state index contributed by atoms with van der Waals surface area (Å²) < 4.78 is 7.07. The maximum absolute atomic E-state index is 6.13. The summed E-state index contributed by atoms with van der Waals surface area (Å²) >= 11 is 11.3. The Labute approximate surface area is 117 Å². The molecule has 0 radical (unpaired) electrons. The first-order chi connectivity index (χ1) is 8.24. The maximum atomic E-state index is 6.13. The number of nitrogens with one attached hydrogen (secondary N) is 1. The van der Waals surface area contributed by atoms with Crippen LogP contribution in [0.4, 0.5) is 5.69 Å². The minimum absolute atomic E-state index is 0.0266. The number of fused-ring (bicyclic) bond motifs is 1. The van der Waals surface area contributed by atoms with E-state index in [9.17, 15) is 0 Å². The minimum atomic E-state index is 0.0266. The fourth-order valence-electron chi connectivity index (χ4n) is 1.81. The van der Waals surface area contributed by atoms with Crippen molar-refractivity contribution in [3.63, 3.8) is 0 Å². The highest BCUT2D eigenvalue weighted by atomic mass is 79.9. The van der Waals surface area contributed by atoms with Gasteiger partial charge in [0.25, 0.3) is 0 Å². The molecule has 2 nitrogen and oxygen atoms in total. The van der Waals surface area contributed by atoms with E-state index in [-0.39, 0.29) is 6.10 Å². The zero-order chi connectivity index (χ0) is 11.8.